The van der Waals surface area contributed by atoms with Gasteiger partial charge in [0, 0.05) is 30.4 Å². The van der Waals surface area contributed by atoms with Crippen molar-refractivity contribution >= 4 is 45.6 Å². The number of hydrogen-bond donors (Lipinski definition) is 0. The van der Waals surface area contributed by atoms with Gasteiger partial charge < -0.3 is 4.90 Å². The summed E-state index contributed by atoms with van der Waals surface area (Å²) in [4.78, 5) is 12.5. The van der Waals surface area contributed by atoms with E-state index in [9.17, 15) is 10.1 Å². The molecule has 0 aliphatic rings. The smallest absolute Gasteiger partial charge is 0.282 e. The molecule has 20 heavy (non-hydrogen) atoms. The fourth-order valence-electron chi connectivity index (χ4n) is 1.84. The Hall–Kier alpha value is -1.34. The first-order valence-electron chi connectivity index (χ1n) is 5.87. The first kappa shape index (κ1) is 15.1. The van der Waals surface area contributed by atoms with Crippen LogP contribution in [0.15, 0.2) is 42.5 Å². The van der Waals surface area contributed by atoms with Crippen molar-refractivity contribution in [3.05, 3.63) is 66.7 Å². The van der Waals surface area contributed by atoms with Gasteiger partial charge in [-0.25, -0.2) is 0 Å². The van der Waals surface area contributed by atoms with Crippen LogP contribution in [0, 0.1) is 13.7 Å². The lowest BCUT2D eigenvalue weighted by Crippen LogP contribution is -2.16. The normalized spacial score (nSPS) is 10.3. The minimum Gasteiger partial charge on any atom is -0.370 e. The average Bonchev–Trinajstić information content (AvgIpc) is 2.40. The number of halogens is 2. The van der Waals surface area contributed by atoms with Gasteiger partial charge in [-0.2, -0.15) is 0 Å². The zero-order chi connectivity index (χ0) is 14.7. The highest BCUT2D eigenvalue weighted by Gasteiger charge is 2.13. The monoisotopic (exact) mass is 402 g/mol. The van der Waals surface area contributed by atoms with Crippen LogP contribution in [0.2, 0.25) is 5.02 Å². The van der Waals surface area contributed by atoms with E-state index >= 15 is 0 Å². The van der Waals surface area contributed by atoms with Gasteiger partial charge in [-0.1, -0.05) is 23.7 Å². The number of hydrogen-bond acceptors (Lipinski definition) is 3. The van der Waals surface area contributed by atoms with Crippen LogP contribution in [0.25, 0.3) is 0 Å². The van der Waals surface area contributed by atoms with Crippen molar-refractivity contribution in [3.63, 3.8) is 0 Å². The minimum absolute atomic E-state index is 0.134. The van der Waals surface area contributed by atoms with Crippen LogP contribution in [-0.2, 0) is 6.54 Å². The van der Waals surface area contributed by atoms with E-state index < -0.39 is 0 Å². The van der Waals surface area contributed by atoms with Crippen molar-refractivity contribution in [3.8, 4) is 0 Å². The number of rotatable bonds is 4. The van der Waals surface area contributed by atoms with E-state index in [4.69, 9.17) is 11.6 Å². The molecule has 0 atom stereocenters. The third-order valence-corrected chi connectivity index (χ3v) is 4.02. The number of nitrogens with zero attached hydrogens (tertiary/aromatic N) is 2. The Morgan fingerprint density at radius 3 is 2.45 bits per heavy atom. The maximum Gasteiger partial charge on any atom is 0.282 e. The number of nitro groups is 1. The highest BCUT2D eigenvalue weighted by atomic mass is 127. The highest BCUT2D eigenvalue weighted by Crippen LogP contribution is 2.26. The third-order valence-electron chi connectivity index (χ3n) is 2.90. The molecule has 6 heteroatoms. The van der Waals surface area contributed by atoms with Gasteiger partial charge in [-0.15, -0.1) is 0 Å². The Morgan fingerprint density at radius 1 is 1.25 bits per heavy atom. The summed E-state index contributed by atoms with van der Waals surface area (Å²) in [7, 11) is 1.95. The molecule has 0 aliphatic carbocycles. The summed E-state index contributed by atoms with van der Waals surface area (Å²) < 4.78 is 0.632. The Bertz CT molecular complexity index is 632. The second-order valence-corrected chi connectivity index (χ2v) is 5.97. The van der Waals surface area contributed by atoms with E-state index in [1.807, 2.05) is 64.9 Å². The standard InChI is InChI=1S/C14H12ClIN2O2/c1-17(9-10-2-4-11(15)5-3-10)12-6-7-14(18(19)20)13(16)8-12/h2-8H,9H2,1H3. The van der Waals surface area contributed by atoms with Gasteiger partial charge in [0.1, 0.15) is 0 Å². The van der Waals surface area contributed by atoms with Crippen LogP contribution in [0.1, 0.15) is 5.56 Å². The topological polar surface area (TPSA) is 46.4 Å². The molecule has 4 nitrogen and oxygen atoms in total. The quantitative estimate of drug-likeness (QED) is 0.430. The summed E-state index contributed by atoms with van der Waals surface area (Å²) in [5, 5.41) is 11.5. The van der Waals surface area contributed by atoms with E-state index in [1.54, 1.807) is 6.07 Å². The summed E-state index contributed by atoms with van der Waals surface area (Å²) >= 11 is 7.84. The molecule has 0 heterocycles. The van der Waals surface area contributed by atoms with Crippen molar-refractivity contribution in [2.45, 2.75) is 6.54 Å². The number of benzene rings is 2. The van der Waals surface area contributed by atoms with Gasteiger partial charge in [-0.3, -0.25) is 10.1 Å². The van der Waals surface area contributed by atoms with Gasteiger partial charge in [-0.05, 0) is 52.4 Å². The summed E-state index contributed by atoms with van der Waals surface area (Å²) in [5.41, 5.74) is 2.20. The van der Waals surface area contributed by atoms with Crippen LogP contribution < -0.4 is 4.90 Å². The number of nitro benzene ring substituents is 1. The molecule has 0 N–H and O–H groups in total. The van der Waals surface area contributed by atoms with E-state index in [0.29, 0.717) is 15.1 Å². The van der Waals surface area contributed by atoms with Crippen molar-refractivity contribution in [1.29, 1.82) is 0 Å². The molecule has 0 fully saturated rings. The molecular formula is C14H12ClIN2O2. The molecule has 104 valence electrons. The predicted octanol–water partition coefficient (Wildman–Crippen LogP) is 4.49. The molecular weight excluding hydrogens is 391 g/mol. The molecule has 0 saturated heterocycles. The molecule has 0 unspecified atom stereocenters. The maximum atomic E-state index is 10.8. The minimum atomic E-state index is -0.370. The van der Waals surface area contributed by atoms with Crippen molar-refractivity contribution in [2.75, 3.05) is 11.9 Å². The van der Waals surface area contributed by atoms with E-state index in [1.165, 1.54) is 6.07 Å². The van der Waals surface area contributed by atoms with Gasteiger partial charge >= 0.3 is 0 Å². The number of anilines is 1. The molecule has 0 bridgehead atoms. The van der Waals surface area contributed by atoms with E-state index in [2.05, 4.69) is 0 Å². The highest BCUT2D eigenvalue weighted by molar-refractivity contribution is 14.1. The molecule has 2 rings (SSSR count). The Kier molecular flexibility index (Phi) is 4.82. The third kappa shape index (κ3) is 3.61. The summed E-state index contributed by atoms with van der Waals surface area (Å²) in [6.45, 7) is 0.713. The molecule has 0 aliphatic heterocycles. The molecule has 0 amide bonds. The van der Waals surface area contributed by atoms with Crippen LogP contribution >= 0.6 is 34.2 Å². The van der Waals surface area contributed by atoms with Crippen LogP contribution in [0.5, 0.6) is 0 Å². The Balaban J connectivity index is 2.17. The SMILES string of the molecule is CN(Cc1ccc(Cl)cc1)c1ccc([N+](=O)[O-])c(I)c1. The molecule has 2 aromatic rings. The van der Waals surface area contributed by atoms with Gasteiger partial charge in [0.15, 0.2) is 0 Å². The lowest BCUT2D eigenvalue weighted by molar-refractivity contribution is -0.385. The molecule has 2 aromatic carbocycles. The summed E-state index contributed by atoms with van der Waals surface area (Å²) in [6, 6.07) is 12.7. The van der Waals surface area contributed by atoms with Crippen LogP contribution in [0.4, 0.5) is 11.4 Å². The average molecular weight is 403 g/mol. The molecule has 0 spiro atoms. The summed E-state index contributed by atoms with van der Waals surface area (Å²) in [6.07, 6.45) is 0. The largest absolute Gasteiger partial charge is 0.370 e. The van der Waals surface area contributed by atoms with Crippen molar-refractivity contribution in [1.82, 2.24) is 0 Å². The Morgan fingerprint density at radius 2 is 1.90 bits per heavy atom. The molecule has 0 saturated carbocycles. The zero-order valence-electron chi connectivity index (χ0n) is 10.7. The van der Waals surface area contributed by atoms with Crippen LogP contribution in [0.3, 0.4) is 0 Å². The van der Waals surface area contributed by atoms with Gasteiger partial charge in [0.25, 0.3) is 5.69 Å². The predicted molar refractivity (Wildman–Crippen MR) is 89.4 cm³/mol. The summed E-state index contributed by atoms with van der Waals surface area (Å²) in [5.74, 6) is 0. The van der Waals surface area contributed by atoms with Crippen LogP contribution in [-0.4, -0.2) is 12.0 Å². The van der Waals surface area contributed by atoms with E-state index in [-0.39, 0.29) is 10.6 Å². The maximum absolute atomic E-state index is 10.8. The van der Waals surface area contributed by atoms with Gasteiger partial charge in [0.2, 0.25) is 0 Å². The van der Waals surface area contributed by atoms with E-state index in [0.717, 1.165) is 11.3 Å². The zero-order valence-corrected chi connectivity index (χ0v) is 13.6. The fourth-order valence-corrected chi connectivity index (χ4v) is 2.66. The fraction of sp³-hybridized carbons (Fsp3) is 0.143. The van der Waals surface area contributed by atoms with Crippen molar-refractivity contribution < 1.29 is 4.92 Å². The second-order valence-electron chi connectivity index (χ2n) is 4.38. The first-order chi connectivity index (χ1) is 9.47. The first-order valence-corrected chi connectivity index (χ1v) is 7.32. The van der Waals surface area contributed by atoms with Crippen molar-refractivity contribution in [2.24, 2.45) is 0 Å². The lowest BCUT2D eigenvalue weighted by atomic mass is 10.2. The Labute approximate surface area is 135 Å². The second kappa shape index (κ2) is 6.41. The molecule has 0 aromatic heterocycles. The molecule has 0 radical (unpaired) electrons. The van der Waals surface area contributed by atoms with Gasteiger partial charge in [0.05, 0.1) is 8.49 Å². The lowest BCUT2D eigenvalue weighted by Gasteiger charge is -2.19.